The zero-order valence-corrected chi connectivity index (χ0v) is 23.3. The van der Waals surface area contributed by atoms with Crippen LogP contribution < -0.4 is 0 Å². The molecule has 0 aliphatic rings. The van der Waals surface area contributed by atoms with Crippen LogP contribution in [0.25, 0.3) is 0 Å². The van der Waals surface area contributed by atoms with E-state index in [1.807, 2.05) is 0 Å². The summed E-state index contributed by atoms with van der Waals surface area (Å²) in [5.74, 6) is 0. The van der Waals surface area contributed by atoms with Crippen molar-refractivity contribution < 1.29 is 19.5 Å². The van der Waals surface area contributed by atoms with Crippen molar-refractivity contribution in [3.8, 4) is 0 Å². The molecule has 1 radical (unpaired) electrons. The van der Waals surface area contributed by atoms with Crippen LogP contribution in [0, 0.1) is 6.92 Å². The molecule has 0 aliphatic heterocycles. The Morgan fingerprint density at radius 3 is 1.12 bits per heavy atom. The Hall–Kier alpha value is 1.16. The second-order valence-electron chi connectivity index (χ2n) is 7.67. The standard InChI is InChI=1S/3C8H17.Al.Zn/c3*1-3-5-7-8-6-4-2;;/h3*1,3-8H2,2H3;;/q;;-1;;. The first-order valence-corrected chi connectivity index (χ1v) is 13.6. The first kappa shape index (κ1) is 31.8. The van der Waals surface area contributed by atoms with E-state index in [1.165, 1.54) is 109 Å². The van der Waals surface area contributed by atoms with Crippen molar-refractivity contribution in [2.45, 2.75) is 147 Å². The number of rotatable bonds is 19. The van der Waals surface area contributed by atoms with E-state index in [0.717, 1.165) is 21.6 Å². The fraction of sp³-hybridized carbons (Fsp3) is 0.958. The van der Waals surface area contributed by atoms with Crippen molar-refractivity contribution in [3.05, 3.63) is 6.92 Å². The van der Waals surface area contributed by atoms with Gasteiger partial charge in [0.1, 0.15) is 0 Å². The van der Waals surface area contributed by atoms with Crippen LogP contribution in [0.4, 0.5) is 0 Å². The van der Waals surface area contributed by atoms with Gasteiger partial charge in [0, 0.05) is 19.5 Å². The molecule has 0 aromatic heterocycles. The smallest absolute Gasteiger partial charge is 0.199 e. The van der Waals surface area contributed by atoms with Crippen LogP contribution in [-0.2, 0) is 19.5 Å². The summed E-state index contributed by atoms with van der Waals surface area (Å²) in [7, 11) is 0. The van der Waals surface area contributed by atoms with E-state index >= 15 is 0 Å². The summed E-state index contributed by atoms with van der Waals surface area (Å²) in [4.78, 5) is 0. The molecule has 153 valence electrons. The molecule has 0 bridgehead atoms. The fourth-order valence-corrected chi connectivity index (χ4v) is 4.51. The van der Waals surface area contributed by atoms with Gasteiger partial charge in [-0.15, -0.1) is 10.6 Å². The van der Waals surface area contributed by atoms with Crippen LogP contribution in [0.2, 0.25) is 10.6 Å². The first-order valence-electron chi connectivity index (χ1n) is 11.9. The van der Waals surface area contributed by atoms with Crippen molar-refractivity contribution in [1.29, 1.82) is 0 Å². The van der Waals surface area contributed by atoms with E-state index in [0.29, 0.717) is 0 Å². The molecule has 0 fully saturated rings. The molecule has 0 heterocycles. The van der Waals surface area contributed by atoms with Gasteiger partial charge < -0.3 is 6.92 Å². The maximum atomic E-state index is 3.78. The summed E-state index contributed by atoms with van der Waals surface area (Å²) >= 11 is 0.794. The average Bonchev–Trinajstić information content (AvgIpc) is 2.63. The van der Waals surface area contributed by atoms with E-state index in [9.17, 15) is 0 Å². The Kier molecular flexibility index (Phi) is 41.3. The van der Waals surface area contributed by atoms with Crippen LogP contribution in [0.3, 0.4) is 0 Å². The molecule has 0 rings (SSSR count). The summed E-state index contributed by atoms with van der Waals surface area (Å²) in [5, 5.41) is 3.14. The summed E-state index contributed by atoms with van der Waals surface area (Å²) in [6.45, 7) is 10.6. The molecule has 0 spiro atoms. The molecule has 0 saturated carbocycles. The van der Waals surface area contributed by atoms with E-state index in [1.54, 1.807) is 10.6 Å². The molecule has 0 N–H and O–H groups in total. The monoisotopic (exact) mass is 430 g/mol. The van der Waals surface area contributed by atoms with E-state index in [2.05, 4.69) is 27.7 Å². The van der Waals surface area contributed by atoms with E-state index in [4.69, 9.17) is 0 Å². The third kappa shape index (κ3) is 36.1. The Labute approximate surface area is 187 Å². The van der Waals surface area contributed by atoms with Gasteiger partial charge in [0.05, 0.1) is 0 Å². The molecular formula is C24H51AlZn-. The third-order valence-corrected chi connectivity index (χ3v) is 6.51. The maximum absolute atomic E-state index is 3.78. The maximum Gasteiger partial charge on any atom is 0.199 e. The minimum Gasteiger partial charge on any atom is -0.343 e. The minimum absolute atomic E-state index is 0. The Morgan fingerprint density at radius 1 is 0.462 bits per heavy atom. The van der Waals surface area contributed by atoms with E-state index < -0.39 is 0 Å². The predicted octanol–water partition coefficient (Wildman–Crippen LogP) is 9.43. The van der Waals surface area contributed by atoms with Crippen LogP contribution in [0.1, 0.15) is 136 Å². The largest absolute Gasteiger partial charge is 0.343 e. The summed E-state index contributed by atoms with van der Waals surface area (Å²) in [6.07, 6.45) is 25.6. The predicted molar refractivity (Wildman–Crippen MR) is 121 cm³/mol. The van der Waals surface area contributed by atoms with Gasteiger partial charge in [0.25, 0.3) is 0 Å². The van der Waals surface area contributed by atoms with Crippen LogP contribution in [0.15, 0.2) is 0 Å². The van der Waals surface area contributed by atoms with E-state index in [-0.39, 0.29) is 19.5 Å². The second-order valence-corrected chi connectivity index (χ2v) is 9.40. The minimum atomic E-state index is 0. The molecule has 2 heteroatoms. The van der Waals surface area contributed by atoms with Crippen molar-refractivity contribution in [3.63, 3.8) is 0 Å². The molecule has 0 saturated heterocycles. The molecule has 0 unspecified atom stereocenters. The normalized spacial score (nSPS) is 10.0. The Bertz CT molecular complexity index is 177. The van der Waals surface area contributed by atoms with Gasteiger partial charge in [-0.2, -0.15) is 6.42 Å². The first-order chi connectivity index (χ1) is 12.3. The molecule has 0 atom stereocenters. The topological polar surface area (TPSA) is 0 Å². The second kappa shape index (κ2) is 33.7. The summed E-state index contributed by atoms with van der Waals surface area (Å²) < 4.78 is 0. The Morgan fingerprint density at radius 2 is 0.769 bits per heavy atom. The van der Waals surface area contributed by atoms with Gasteiger partial charge in [-0.25, -0.2) is 0 Å². The Balaban J connectivity index is -0.000000498. The van der Waals surface area contributed by atoms with Gasteiger partial charge in [-0.1, -0.05) is 130 Å². The molecule has 26 heavy (non-hydrogen) atoms. The third-order valence-electron chi connectivity index (χ3n) is 4.88. The number of unbranched alkanes of at least 4 members (excludes halogenated alkanes) is 15. The van der Waals surface area contributed by atoms with Crippen LogP contribution >= 0.6 is 0 Å². The molecule has 0 amide bonds. The zero-order chi connectivity index (χ0) is 18.8. The summed E-state index contributed by atoms with van der Waals surface area (Å²) in [6, 6.07) is 0. The molecule has 0 nitrogen and oxygen atoms in total. The average molecular weight is 432 g/mol. The number of hydrogen-bond acceptors (Lipinski definition) is 0. The summed E-state index contributed by atoms with van der Waals surface area (Å²) in [5.41, 5.74) is 0. The molecule has 0 aromatic rings. The SMILES string of the molecule is CCCCCCC[CH2][Al][CH2]CCCCCCC.[CH2-]CCCCCCC.[Zn]. The van der Waals surface area contributed by atoms with Crippen molar-refractivity contribution >= 4 is 15.2 Å². The van der Waals surface area contributed by atoms with Gasteiger partial charge in [-0.3, -0.25) is 0 Å². The van der Waals surface area contributed by atoms with Gasteiger partial charge in [-0.05, 0) is 0 Å². The quantitative estimate of drug-likeness (QED) is 0.108. The zero-order valence-electron chi connectivity index (χ0n) is 19.1. The van der Waals surface area contributed by atoms with Gasteiger partial charge >= 0.3 is 0 Å². The van der Waals surface area contributed by atoms with Crippen molar-refractivity contribution in [2.24, 2.45) is 0 Å². The number of hydrogen-bond donors (Lipinski definition) is 0. The molecular weight excluding hydrogens is 381 g/mol. The van der Waals surface area contributed by atoms with Gasteiger partial charge in [0.2, 0.25) is 0 Å². The van der Waals surface area contributed by atoms with Crippen LogP contribution in [0.5, 0.6) is 0 Å². The van der Waals surface area contributed by atoms with Crippen molar-refractivity contribution in [1.82, 2.24) is 0 Å². The van der Waals surface area contributed by atoms with Gasteiger partial charge in [0.15, 0.2) is 15.2 Å². The molecule has 0 aromatic carbocycles. The fourth-order valence-electron chi connectivity index (χ4n) is 3.06. The molecule has 0 aliphatic carbocycles. The van der Waals surface area contributed by atoms with Crippen molar-refractivity contribution in [2.75, 3.05) is 0 Å². The van der Waals surface area contributed by atoms with Crippen LogP contribution in [-0.4, -0.2) is 15.2 Å².